The van der Waals surface area contributed by atoms with Crippen LogP contribution in [0.4, 0.5) is 0 Å². The first-order chi connectivity index (χ1) is 10.0. The zero-order valence-electron chi connectivity index (χ0n) is 11.6. The van der Waals surface area contributed by atoms with Crippen LogP contribution in [0, 0.1) is 0 Å². The average Bonchev–Trinajstić information content (AvgIpc) is 2.97. The van der Waals surface area contributed by atoms with Crippen molar-refractivity contribution in [2.75, 3.05) is 7.11 Å². The van der Waals surface area contributed by atoms with Crippen molar-refractivity contribution in [1.29, 1.82) is 0 Å². The summed E-state index contributed by atoms with van der Waals surface area (Å²) in [6, 6.07) is 9.24. The van der Waals surface area contributed by atoms with E-state index in [9.17, 15) is 9.90 Å². The summed E-state index contributed by atoms with van der Waals surface area (Å²) in [7, 11) is 1.30. The number of fused-ring (bicyclic) bond motifs is 1. The molecule has 0 fully saturated rings. The third-order valence-electron chi connectivity index (χ3n) is 3.91. The molecule has 2 aromatic rings. The number of carbonyl (C=O) groups excluding carboxylic acids is 1. The van der Waals surface area contributed by atoms with Crippen LogP contribution in [0.25, 0.3) is 0 Å². The van der Waals surface area contributed by atoms with Gasteiger partial charge in [-0.2, -0.15) is 0 Å². The molecule has 1 N–H and O–H groups in total. The first-order valence-corrected chi connectivity index (χ1v) is 7.49. The maximum atomic E-state index is 11.4. The number of hydrogen-bond acceptors (Lipinski definition) is 4. The van der Waals surface area contributed by atoms with Crippen molar-refractivity contribution in [1.82, 2.24) is 0 Å². The van der Waals surface area contributed by atoms with Crippen LogP contribution in [0.2, 0.25) is 0 Å². The Morgan fingerprint density at radius 1 is 1.33 bits per heavy atom. The summed E-state index contributed by atoms with van der Waals surface area (Å²) in [5.74, 6) is -0.0102. The fourth-order valence-corrected chi connectivity index (χ4v) is 3.16. The number of aliphatic hydroxyl groups is 1. The van der Waals surface area contributed by atoms with Crippen LogP contribution in [0.5, 0.6) is 0 Å². The highest BCUT2D eigenvalue weighted by molar-refractivity contribution is 9.10. The number of ether oxygens (including phenoxy) is 1. The Kier molecular flexibility index (Phi) is 3.63. The first kappa shape index (κ1) is 14.4. The Morgan fingerprint density at radius 3 is 2.90 bits per heavy atom. The molecule has 1 atom stereocenters. The van der Waals surface area contributed by atoms with Gasteiger partial charge in [-0.05, 0) is 48.2 Å². The molecule has 1 aromatic heterocycles. The first-order valence-electron chi connectivity index (χ1n) is 6.70. The molecular formula is C16H15BrO4. The lowest BCUT2D eigenvalue weighted by Crippen LogP contribution is -2.32. The maximum Gasteiger partial charge on any atom is 0.373 e. The van der Waals surface area contributed by atoms with Crippen molar-refractivity contribution in [3.63, 3.8) is 0 Å². The Labute approximate surface area is 130 Å². The van der Waals surface area contributed by atoms with Gasteiger partial charge >= 0.3 is 5.97 Å². The molecule has 1 aromatic carbocycles. The van der Waals surface area contributed by atoms with Gasteiger partial charge < -0.3 is 14.3 Å². The summed E-state index contributed by atoms with van der Waals surface area (Å²) >= 11 is 3.46. The molecule has 3 rings (SSSR count). The fourth-order valence-electron chi connectivity index (χ4n) is 2.75. The lowest BCUT2D eigenvalue weighted by molar-refractivity contribution is -0.000283. The minimum absolute atomic E-state index is 0.113. The highest BCUT2D eigenvalue weighted by Gasteiger charge is 2.37. The Balaban J connectivity index is 1.90. The van der Waals surface area contributed by atoms with Gasteiger partial charge in [0, 0.05) is 10.9 Å². The van der Waals surface area contributed by atoms with E-state index in [1.807, 2.05) is 12.1 Å². The Bertz CT molecular complexity index is 691. The molecule has 0 spiro atoms. The van der Waals surface area contributed by atoms with Gasteiger partial charge in [0.15, 0.2) is 0 Å². The highest BCUT2D eigenvalue weighted by atomic mass is 79.9. The zero-order chi connectivity index (χ0) is 15.0. The number of hydrogen-bond donors (Lipinski definition) is 1. The van der Waals surface area contributed by atoms with Crippen molar-refractivity contribution in [2.45, 2.75) is 24.9 Å². The second-order valence-electron chi connectivity index (χ2n) is 5.28. The summed E-state index contributed by atoms with van der Waals surface area (Å²) in [5, 5.41) is 10.9. The van der Waals surface area contributed by atoms with Crippen molar-refractivity contribution in [2.24, 2.45) is 0 Å². The number of rotatable bonds is 2. The normalized spacial score (nSPS) is 20.9. The highest BCUT2D eigenvalue weighted by Crippen LogP contribution is 2.38. The summed E-state index contributed by atoms with van der Waals surface area (Å²) in [5.41, 5.74) is 1.25. The van der Waals surface area contributed by atoms with Crippen molar-refractivity contribution in [3.8, 4) is 0 Å². The van der Waals surface area contributed by atoms with Crippen LogP contribution >= 0.6 is 15.9 Å². The number of methoxy groups -OCH3 is 1. The number of halogens is 1. The maximum absolute atomic E-state index is 11.4. The SMILES string of the molecule is COC(=O)c1ccc(C2(O)CCc3cc(Br)ccc3C2)o1. The van der Waals surface area contributed by atoms with Crippen LogP contribution in [0.3, 0.4) is 0 Å². The molecule has 0 aliphatic heterocycles. The van der Waals surface area contributed by atoms with Gasteiger partial charge in [-0.25, -0.2) is 4.79 Å². The number of carbonyl (C=O) groups is 1. The fraction of sp³-hybridized carbons (Fsp3) is 0.312. The Morgan fingerprint density at radius 2 is 2.14 bits per heavy atom. The second-order valence-corrected chi connectivity index (χ2v) is 6.19. The minimum Gasteiger partial charge on any atom is -0.463 e. The molecule has 0 saturated carbocycles. The largest absolute Gasteiger partial charge is 0.463 e. The Hall–Kier alpha value is -1.59. The number of benzene rings is 1. The molecule has 0 bridgehead atoms. The molecular weight excluding hydrogens is 336 g/mol. The van der Waals surface area contributed by atoms with E-state index in [-0.39, 0.29) is 5.76 Å². The lowest BCUT2D eigenvalue weighted by Gasteiger charge is -2.31. The smallest absolute Gasteiger partial charge is 0.373 e. The second kappa shape index (κ2) is 5.31. The summed E-state index contributed by atoms with van der Waals surface area (Å²) in [4.78, 5) is 11.4. The van der Waals surface area contributed by atoms with Crippen molar-refractivity contribution >= 4 is 21.9 Å². The molecule has 5 heteroatoms. The predicted molar refractivity (Wildman–Crippen MR) is 80.1 cm³/mol. The standard InChI is InChI=1S/C16H15BrO4/c1-20-15(18)13-4-5-14(21-13)16(19)7-6-10-8-12(17)3-2-11(10)9-16/h2-5,8,19H,6-7,9H2,1H3. The zero-order valence-corrected chi connectivity index (χ0v) is 13.1. The van der Waals surface area contributed by atoms with E-state index in [2.05, 4.69) is 26.7 Å². The summed E-state index contributed by atoms with van der Waals surface area (Å²) in [6.45, 7) is 0. The lowest BCUT2D eigenvalue weighted by atomic mass is 9.79. The van der Waals surface area contributed by atoms with Gasteiger partial charge in [-0.1, -0.05) is 22.0 Å². The van der Waals surface area contributed by atoms with Crippen LogP contribution in [-0.4, -0.2) is 18.2 Å². The van der Waals surface area contributed by atoms with Gasteiger partial charge in [0.25, 0.3) is 0 Å². The van der Waals surface area contributed by atoms with E-state index in [1.165, 1.54) is 18.7 Å². The molecule has 1 heterocycles. The number of esters is 1. The number of aryl methyl sites for hydroxylation is 1. The average molecular weight is 351 g/mol. The predicted octanol–water partition coefficient (Wildman–Crippen LogP) is 3.21. The van der Waals surface area contributed by atoms with Crippen LogP contribution < -0.4 is 0 Å². The topological polar surface area (TPSA) is 59.7 Å². The molecule has 0 amide bonds. The number of furan rings is 1. The van der Waals surface area contributed by atoms with Crippen LogP contribution in [0.15, 0.2) is 39.2 Å². The third-order valence-corrected chi connectivity index (χ3v) is 4.40. The molecule has 0 saturated heterocycles. The summed E-state index contributed by atoms with van der Waals surface area (Å²) < 4.78 is 11.1. The van der Waals surface area contributed by atoms with E-state index < -0.39 is 11.6 Å². The van der Waals surface area contributed by atoms with Crippen LogP contribution in [0.1, 0.15) is 33.9 Å². The van der Waals surface area contributed by atoms with Gasteiger partial charge in [-0.15, -0.1) is 0 Å². The van der Waals surface area contributed by atoms with Crippen molar-refractivity contribution < 1.29 is 19.1 Å². The quantitative estimate of drug-likeness (QED) is 0.845. The monoisotopic (exact) mass is 350 g/mol. The van der Waals surface area contributed by atoms with E-state index in [0.29, 0.717) is 18.6 Å². The van der Waals surface area contributed by atoms with E-state index in [4.69, 9.17) is 4.42 Å². The third kappa shape index (κ3) is 2.63. The molecule has 1 aliphatic rings. The molecule has 0 radical (unpaired) electrons. The van der Waals surface area contributed by atoms with E-state index in [1.54, 1.807) is 6.07 Å². The molecule has 1 aliphatic carbocycles. The van der Waals surface area contributed by atoms with Crippen molar-refractivity contribution in [3.05, 3.63) is 57.5 Å². The molecule has 1 unspecified atom stereocenters. The molecule has 110 valence electrons. The minimum atomic E-state index is -1.08. The molecule has 21 heavy (non-hydrogen) atoms. The van der Waals surface area contributed by atoms with Gasteiger partial charge in [0.05, 0.1) is 7.11 Å². The van der Waals surface area contributed by atoms with E-state index in [0.717, 1.165) is 16.5 Å². The van der Waals surface area contributed by atoms with Gasteiger partial charge in [0.2, 0.25) is 5.76 Å². The van der Waals surface area contributed by atoms with Gasteiger partial charge in [-0.3, -0.25) is 0 Å². The van der Waals surface area contributed by atoms with E-state index >= 15 is 0 Å². The molecule has 4 nitrogen and oxygen atoms in total. The summed E-state index contributed by atoms with van der Waals surface area (Å²) in [6.07, 6.45) is 1.80. The van der Waals surface area contributed by atoms with Crippen LogP contribution in [-0.2, 0) is 23.2 Å². The van der Waals surface area contributed by atoms with Gasteiger partial charge in [0.1, 0.15) is 11.4 Å².